The Morgan fingerprint density at radius 3 is 1.45 bits per heavy atom. The van der Waals surface area contributed by atoms with E-state index < -0.39 is 11.9 Å². The Morgan fingerprint density at radius 1 is 0.900 bits per heavy atom. The lowest BCUT2D eigenvalue weighted by atomic mass is 10.1. The van der Waals surface area contributed by atoms with Crippen LogP contribution >= 0.6 is 0 Å². The van der Waals surface area contributed by atoms with Crippen molar-refractivity contribution in [3.05, 3.63) is 60.2 Å². The molecule has 0 spiro atoms. The van der Waals surface area contributed by atoms with Crippen molar-refractivity contribution in [1.82, 2.24) is 0 Å². The highest BCUT2D eigenvalue weighted by Crippen LogP contribution is 2.11. The number of fused-ring (bicyclic) bond motifs is 1. The van der Waals surface area contributed by atoms with Gasteiger partial charge in [-0.05, 0) is 17.7 Å². The van der Waals surface area contributed by atoms with E-state index in [-0.39, 0.29) is 28.6 Å². The summed E-state index contributed by atoms with van der Waals surface area (Å²) in [6.07, 6.45) is 0.641. The summed E-state index contributed by atoms with van der Waals surface area (Å²) in [6, 6.07) is 16.7. The smallest absolute Gasteiger partial charge is 0.331 e. The van der Waals surface area contributed by atoms with Gasteiger partial charge in [-0.15, -0.1) is 0 Å². The van der Waals surface area contributed by atoms with E-state index in [2.05, 4.69) is 48.5 Å². The second-order valence-corrected chi connectivity index (χ2v) is 3.82. The van der Waals surface area contributed by atoms with Crippen LogP contribution in [0.1, 0.15) is 6.92 Å². The summed E-state index contributed by atoms with van der Waals surface area (Å²) in [5.41, 5.74) is -0.178. The number of carboxylic acid groups (broad SMARTS) is 2. The summed E-state index contributed by atoms with van der Waals surface area (Å²) in [5, 5.41) is 18.7. The normalized spacial score (nSPS) is 9.95. The average Bonchev–Trinajstić information content (AvgIpc) is 2.39. The Kier molecular flexibility index (Phi) is 8.27. The maximum atomic E-state index is 9.90. The zero-order valence-corrected chi connectivity index (χ0v) is 10.4. The van der Waals surface area contributed by atoms with Gasteiger partial charge in [0.1, 0.15) is 0 Å². The fraction of sp³-hybridized carbons (Fsp3) is 0.0667. The molecule has 0 bridgehead atoms. The van der Waals surface area contributed by atoms with Crippen LogP contribution in [-0.2, 0) is 9.59 Å². The molecule has 2 aromatic carbocycles. The van der Waals surface area contributed by atoms with Gasteiger partial charge in [0.2, 0.25) is 0 Å². The molecule has 0 amide bonds. The molecule has 4 nitrogen and oxygen atoms in total. The van der Waals surface area contributed by atoms with Crippen molar-refractivity contribution in [3.63, 3.8) is 0 Å². The number of benzene rings is 2. The molecule has 0 saturated heterocycles. The molecule has 0 unspecified atom stereocenters. The van der Waals surface area contributed by atoms with Gasteiger partial charge in [-0.25, -0.2) is 9.59 Å². The zero-order valence-electron chi connectivity index (χ0n) is 10.4. The number of rotatable bonds is 2. The first-order valence-electron chi connectivity index (χ1n) is 5.59. The van der Waals surface area contributed by atoms with Gasteiger partial charge in [0.25, 0.3) is 0 Å². The monoisotopic (exact) mass is 284 g/mol. The summed E-state index contributed by atoms with van der Waals surface area (Å²) in [4.78, 5) is 19.7. The van der Waals surface area contributed by atoms with Crippen LogP contribution in [0.3, 0.4) is 0 Å². The third-order valence-corrected chi connectivity index (χ3v) is 2.34. The summed E-state index contributed by atoms with van der Waals surface area (Å²) in [6.45, 7) is 1.22. The Labute approximate surface area is 132 Å². The number of hydrogen-bond acceptors (Lipinski definition) is 2. The van der Waals surface area contributed by atoms with Gasteiger partial charge >= 0.3 is 35.0 Å². The maximum Gasteiger partial charge on any atom is 0.331 e. The quantitative estimate of drug-likeness (QED) is 0.653. The van der Waals surface area contributed by atoms with Crippen molar-refractivity contribution in [3.8, 4) is 0 Å². The molecule has 0 heterocycles. The molecule has 0 atom stereocenters. The molecule has 5 heteroatoms. The summed E-state index contributed by atoms with van der Waals surface area (Å²) < 4.78 is 0. The second-order valence-electron chi connectivity index (χ2n) is 3.82. The molecule has 0 aliphatic rings. The highest BCUT2D eigenvalue weighted by molar-refractivity contribution is 5.94. The molecule has 102 valence electrons. The Bertz CT molecular complexity index is 555. The molecule has 2 N–H and O–H groups in total. The van der Waals surface area contributed by atoms with Crippen molar-refractivity contribution in [2.45, 2.75) is 6.92 Å². The minimum absolute atomic E-state index is 0. The van der Waals surface area contributed by atoms with E-state index in [0.717, 1.165) is 0 Å². The highest BCUT2D eigenvalue weighted by Gasteiger charge is 2.00. The van der Waals surface area contributed by atoms with E-state index in [1.807, 2.05) is 0 Å². The van der Waals surface area contributed by atoms with Gasteiger partial charge in [0.05, 0.1) is 0 Å². The first-order valence-corrected chi connectivity index (χ1v) is 5.59. The van der Waals surface area contributed by atoms with E-state index in [9.17, 15) is 9.59 Å². The largest absolute Gasteiger partial charge is 0.478 e. The molecule has 2 rings (SSSR count). The fourth-order valence-electron chi connectivity index (χ4n) is 1.38. The van der Waals surface area contributed by atoms with Crippen LogP contribution in [0.4, 0.5) is 0 Å². The lowest BCUT2D eigenvalue weighted by Crippen LogP contribution is -1.99. The third kappa shape index (κ3) is 6.35. The number of carboxylic acids is 2. The number of hydrogen-bond donors (Lipinski definition) is 2. The SMILES string of the molecule is CC(=CC(=O)O)C(=O)O.[MgH2].c1ccc2ccccc2c1. The molecule has 2 aromatic rings. The Balaban J connectivity index is 0.000000347. The number of aliphatic carboxylic acids is 2. The van der Waals surface area contributed by atoms with Gasteiger partial charge < -0.3 is 10.2 Å². The molecule has 0 aliphatic carbocycles. The lowest BCUT2D eigenvalue weighted by molar-refractivity contribution is -0.135. The van der Waals surface area contributed by atoms with Crippen LogP contribution in [0.25, 0.3) is 10.8 Å². The Hall–Kier alpha value is -1.85. The van der Waals surface area contributed by atoms with Crippen LogP contribution in [0.2, 0.25) is 0 Å². The van der Waals surface area contributed by atoms with Gasteiger partial charge in [-0.1, -0.05) is 48.5 Å². The van der Waals surface area contributed by atoms with Crippen LogP contribution in [0.5, 0.6) is 0 Å². The fourth-order valence-corrected chi connectivity index (χ4v) is 1.38. The van der Waals surface area contributed by atoms with Gasteiger partial charge in [-0.3, -0.25) is 0 Å². The van der Waals surface area contributed by atoms with Crippen LogP contribution in [-0.4, -0.2) is 45.2 Å². The predicted molar refractivity (Wildman–Crippen MR) is 81.5 cm³/mol. The average molecular weight is 285 g/mol. The number of carbonyl (C=O) groups is 2. The minimum atomic E-state index is -1.24. The molecule has 0 aliphatic heterocycles. The van der Waals surface area contributed by atoms with Crippen LogP contribution < -0.4 is 0 Å². The molecule has 0 aromatic heterocycles. The summed E-state index contributed by atoms with van der Waals surface area (Å²) >= 11 is 0. The first kappa shape index (κ1) is 18.1. The second kappa shape index (κ2) is 9.11. The highest BCUT2D eigenvalue weighted by atomic mass is 24.3. The van der Waals surface area contributed by atoms with E-state index >= 15 is 0 Å². The van der Waals surface area contributed by atoms with Crippen molar-refractivity contribution in [1.29, 1.82) is 0 Å². The van der Waals surface area contributed by atoms with Crippen molar-refractivity contribution in [2.24, 2.45) is 0 Å². The molecular weight excluding hydrogens is 268 g/mol. The van der Waals surface area contributed by atoms with E-state index in [1.54, 1.807) is 0 Å². The van der Waals surface area contributed by atoms with Gasteiger partial charge in [0.15, 0.2) is 0 Å². The molecule has 0 fully saturated rings. The maximum absolute atomic E-state index is 9.90. The zero-order chi connectivity index (χ0) is 14.3. The van der Waals surface area contributed by atoms with Crippen LogP contribution in [0, 0.1) is 0 Å². The van der Waals surface area contributed by atoms with Crippen molar-refractivity contribution in [2.75, 3.05) is 0 Å². The molecule has 20 heavy (non-hydrogen) atoms. The minimum Gasteiger partial charge on any atom is -0.478 e. The first-order chi connectivity index (χ1) is 9.00. The van der Waals surface area contributed by atoms with E-state index in [1.165, 1.54) is 17.7 Å². The molecular formula is C15H16MgO4. The van der Waals surface area contributed by atoms with Crippen molar-refractivity contribution >= 4 is 45.8 Å². The van der Waals surface area contributed by atoms with E-state index in [0.29, 0.717) is 6.08 Å². The third-order valence-electron chi connectivity index (χ3n) is 2.34. The topological polar surface area (TPSA) is 74.6 Å². The van der Waals surface area contributed by atoms with Crippen molar-refractivity contribution < 1.29 is 19.8 Å². The van der Waals surface area contributed by atoms with Crippen LogP contribution in [0.15, 0.2) is 60.2 Å². The summed E-state index contributed by atoms with van der Waals surface area (Å²) in [5.74, 6) is -2.45. The Morgan fingerprint density at radius 2 is 1.25 bits per heavy atom. The van der Waals surface area contributed by atoms with Gasteiger partial charge in [-0.2, -0.15) is 0 Å². The molecule has 0 saturated carbocycles. The molecule has 0 radical (unpaired) electrons. The van der Waals surface area contributed by atoms with Gasteiger partial charge in [0, 0.05) is 11.6 Å². The summed E-state index contributed by atoms with van der Waals surface area (Å²) in [7, 11) is 0. The lowest BCUT2D eigenvalue weighted by Gasteiger charge is -1.92. The predicted octanol–water partition coefficient (Wildman–Crippen LogP) is 2.03. The standard InChI is InChI=1S/C10H8.C5H6O4.Mg.2H/c1-2-6-10-8-4-3-7-9(10)5-1;1-3(5(8)9)2-4(6)7;;;/h1-8H;2H,1H3,(H,6,7)(H,8,9);;;. The van der Waals surface area contributed by atoms with E-state index in [4.69, 9.17) is 10.2 Å².